The van der Waals surface area contributed by atoms with Crippen LogP contribution >= 0.6 is 0 Å². The van der Waals surface area contributed by atoms with Crippen LogP contribution in [0.4, 0.5) is 5.69 Å². The highest BCUT2D eigenvalue weighted by Crippen LogP contribution is 2.30. The van der Waals surface area contributed by atoms with Crippen LogP contribution in [0.3, 0.4) is 0 Å². The molecule has 0 fully saturated rings. The summed E-state index contributed by atoms with van der Waals surface area (Å²) in [6.07, 6.45) is 0. The van der Waals surface area contributed by atoms with Gasteiger partial charge in [-0.3, -0.25) is 0 Å². The molecule has 0 radical (unpaired) electrons. The summed E-state index contributed by atoms with van der Waals surface area (Å²) in [6, 6.07) is 16.9. The third-order valence-corrected chi connectivity index (χ3v) is 3.56. The normalized spacial score (nSPS) is 10.4. The average molecular weight is 284 g/mol. The van der Waals surface area contributed by atoms with E-state index in [1.165, 1.54) is 11.1 Å². The molecule has 0 aliphatic carbocycles. The van der Waals surface area contributed by atoms with E-state index in [-0.39, 0.29) is 0 Å². The molecular formula is C18H24N2O. The van der Waals surface area contributed by atoms with E-state index in [2.05, 4.69) is 59.6 Å². The van der Waals surface area contributed by atoms with Gasteiger partial charge in [-0.1, -0.05) is 36.4 Å². The number of anilines is 1. The zero-order chi connectivity index (χ0) is 15.1. The second-order valence-electron chi connectivity index (χ2n) is 5.04. The van der Waals surface area contributed by atoms with Crippen molar-refractivity contribution in [3.8, 4) is 5.75 Å². The van der Waals surface area contributed by atoms with Crippen molar-refractivity contribution in [1.82, 2.24) is 5.32 Å². The molecule has 0 unspecified atom stereocenters. The molecule has 112 valence electrons. The number of benzene rings is 2. The van der Waals surface area contributed by atoms with E-state index in [9.17, 15) is 0 Å². The lowest BCUT2D eigenvalue weighted by Crippen LogP contribution is -2.22. The van der Waals surface area contributed by atoms with E-state index in [1.54, 1.807) is 7.11 Å². The molecule has 2 rings (SSSR count). The predicted molar refractivity (Wildman–Crippen MR) is 88.9 cm³/mol. The lowest BCUT2D eigenvalue weighted by Gasteiger charge is -2.25. The van der Waals surface area contributed by atoms with Crippen molar-refractivity contribution in [2.24, 2.45) is 0 Å². The fourth-order valence-corrected chi connectivity index (χ4v) is 2.47. The SMILES string of the molecule is CCN(Cc1ccccc1)c1ccc(CNC)cc1OC. The van der Waals surface area contributed by atoms with Crippen LogP contribution in [0.25, 0.3) is 0 Å². The minimum absolute atomic E-state index is 0.849. The number of hydrogen-bond acceptors (Lipinski definition) is 3. The van der Waals surface area contributed by atoms with Crippen molar-refractivity contribution in [1.29, 1.82) is 0 Å². The zero-order valence-corrected chi connectivity index (χ0v) is 13.1. The van der Waals surface area contributed by atoms with Crippen LogP contribution in [0, 0.1) is 0 Å². The average Bonchev–Trinajstić information content (AvgIpc) is 2.54. The third-order valence-electron chi connectivity index (χ3n) is 3.56. The third kappa shape index (κ3) is 3.99. The van der Waals surface area contributed by atoms with Gasteiger partial charge in [0.2, 0.25) is 0 Å². The van der Waals surface area contributed by atoms with Crippen LogP contribution in [-0.4, -0.2) is 20.7 Å². The van der Waals surface area contributed by atoms with Crippen LogP contribution < -0.4 is 15.0 Å². The Hall–Kier alpha value is -2.00. The fraction of sp³-hybridized carbons (Fsp3) is 0.333. The number of hydrogen-bond donors (Lipinski definition) is 1. The first kappa shape index (κ1) is 15.4. The lowest BCUT2D eigenvalue weighted by atomic mass is 10.1. The summed E-state index contributed by atoms with van der Waals surface area (Å²) >= 11 is 0. The molecule has 1 N–H and O–H groups in total. The van der Waals surface area contributed by atoms with Gasteiger partial charge in [0.15, 0.2) is 0 Å². The summed E-state index contributed by atoms with van der Waals surface area (Å²) in [6.45, 7) is 4.85. The maximum absolute atomic E-state index is 5.58. The Bertz CT molecular complexity index is 554. The Labute approximate surface area is 127 Å². The first-order valence-corrected chi connectivity index (χ1v) is 7.38. The number of ether oxygens (including phenoxy) is 1. The highest BCUT2D eigenvalue weighted by atomic mass is 16.5. The molecule has 0 spiro atoms. The molecule has 0 bridgehead atoms. The maximum Gasteiger partial charge on any atom is 0.142 e. The summed E-state index contributed by atoms with van der Waals surface area (Å²) in [5, 5.41) is 3.17. The Morgan fingerprint density at radius 2 is 1.81 bits per heavy atom. The molecule has 2 aromatic carbocycles. The largest absolute Gasteiger partial charge is 0.495 e. The first-order chi connectivity index (χ1) is 10.3. The molecule has 3 heteroatoms. The van der Waals surface area contributed by atoms with E-state index < -0.39 is 0 Å². The second-order valence-corrected chi connectivity index (χ2v) is 5.04. The molecule has 3 nitrogen and oxygen atoms in total. The van der Waals surface area contributed by atoms with Crippen molar-refractivity contribution in [2.75, 3.05) is 25.6 Å². The van der Waals surface area contributed by atoms with Crippen LogP contribution in [-0.2, 0) is 13.1 Å². The van der Waals surface area contributed by atoms with Crippen molar-refractivity contribution in [3.63, 3.8) is 0 Å². The quantitative estimate of drug-likeness (QED) is 0.843. The van der Waals surface area contributed by atoms with E-state index in [1.807, 2.05) is 13.1 Å². The molecule has 0 aliphatic heterocycles. The summed E-state index contributed by atoms with van der Waals surface area (Å²) in [7, 11) is 3.69. The van der Waals surface area contributed by atoms with Crippen LogP contribution in [0.2, 0.25) is 0 Å². The molecule has 0 saturated carbocycles. The highest BCUT2D eigenvalue weighted by molar-refractivity contribution is 5.60. The Morgan fingerprint density at radius 3 is 2.43 bits per heavy atom. The smallest absolute Gasteiger partial charge is 0.142 e. The van der Waals surface area contributed by atoms with Gasteiger partial charge in [0.25, 0.3) is 0 Å². The lowest BCUT2D eigenvalue weighted by molar-refractivity contribution is 0.413. The van der Waals surface area contributed by atoms with Gasteiger partial charge in [-0.25, -0.2) is 0 Å². The van der Waals surface area contributed by atoms with Gasteiger partial charge in [-0.2, -0.15) is 0 Å². The van der Waals surface area contributed by atoms with Crippen molar-refractivity contribution in [2.45, 2.75) is 20.0 Å². The van der Waals surface area contributed by atoms with E-state index in [4.69, 9.17) is 4.74 Å². The van der Waals surface area contributed by atoms with E-state index in [0.717, 1.165) is 31.1 Å². The second kappa shape index (κ2) is 7.70. The highest BCUT2D eigenvalue weighted by Gasteiger charge is 2.11. The van der Waals surface area contributed by atoms with Crippen LogP contribution in [0.15, 0.2) is 48.5 Å². The number of methoxy groups -OCH3 is 1. The fourth-order valence-electron chi connectivity index (χ4n) is 2.47. The molecule has 0 aliphatic rings. The number of rotatable bonds is 7. The summed E-state index contributed by atoms with van der Waals surface area (Å²) < 4.78 is 5.58. The molecule has 21 heavy (non-hydrogen) atoms. The molecular weight excluding hydrogens is 260 g/mol. The zero-order valence-electron chi connectivity index (χ0n) is 13.1. The van der Waals surface area contributed by atoms with Gasteiger partial charge in [-0.05, 0) is 37.2 Å². The van der Waals surface area contributed by atoms with E-state index in [0.29, 0.717) is 0 Å². The Kier molecular flexibility index (Phi) is 5.64. The van der Waals surface area contributed by atoms with Gasteiger partial charge >= 0.3 is 0 Å². The van der Waals surface area contributed by atoms with Crippen LogP contribution in [0.1, 0.15) is 18.1 Å². The predicted octanol–water partition coefficient (Wildman–Crippen LogP) is 3.44. The minimum Gasteiger partial charge on any atom is -0.495 e. The van der Waals surface area contributed by atoms with Crippen molar-refractivity contribution >= 4 is 5.69 Å². The van der Waals surface area contributed by atoms with Crippen molar-refractivity contribution in [3.05, 3.63) is 59.7 Å². The molecule has 2 aromatic rings. The van der Waals surface area contributed by atoms with E-state index >= 15 is 0 Å². The standard InChI is InChI=1S/C18H24N2O/c1-4-20(14-15-8-6-5-7-9-15)17-11-10-16(13-19-2)12-18(17)21-3/h5-12,19H,4,13-14H2,1-3H3. The molecule has 0 heterocycles. The Morgan fingerprint density at radius 1 is 1.05 bits per heavy atom. The summed E-state index contributed by atoms with van der Waals surface area (Å²) in [5.41, 5.74) is 3.68. The summed E-state index contributed by atoms with van der Waals surface area (Å²) in [5.74, 6) is 0.931. The van der Waals surface area contributed by atoms with Crippen molar-refractivity contribution < 1.29 is 4.74 Å². The summed E-state index contributed by atoms with van der Waals surface area (Å²) in [4.78, 5) is 2.33. The molecule has 0 atom stereocenters. The Balaban J connectivity index is 2.24. The minimum atomic E-state index is 0.849. The maximum atomic E-state index is 5.58. The monoisotopic (exact) mass is 284 g/mol. The molecule has 0 saturated heterocycles. The van der Waals surface area contributed by atoms with Crippen LogP contribution in [0.5, 0.6) is 5.75 Å². The van der Waals surface area contributed by atoms with Gasteiger partial charge in [-0.15, -0.1) is 0 Å². The van der Waals surface area contributed by atoms with Gasteiger partial charge in [0.1, 0.15) is 5.75 Å². The van der Waals surface area contributed by atoms with Gasteiger partial charge in [0.05, 0.1) is 12.8 Å². The number of nitrogens with zero attached hydrogens (tertiary/aromatic N) is 1. The number of nitrogens with one attached hydrogen (secondary N) is 1. The van der Waals surface area contributed by atoms with Gasteiger partial charge < -0.3 is 15.0 Å². The molecule has 0 amide bonds. The first-order valence-electron chi connectivity index (χ1n) is 7.38. The van der Waals surface area contributed by atoms with Gasteiger partial charge in [0, 0.05) is 19.6 Å². The molecule has 0 aromatic heterocycles. The topological polar surface area (TPSA) is 24.5 Å².